The zero-order valence-corrected chi connectivity index (χ0v) is 12.0. The van der Waals surface area contributed by atoms with E-state index >= 15 is 0 Å². The highest BCUT2D eigenvalue weighted by atomic mass is 16.2. The molecule has 0 aliphatic carbocycles. The summed E-state index contributed by atoms with van der Waals surface area (Å²) in [5.74, 6) is -0.324. The maximum absolute atomic E-state index is 12.5. The van der Waals surface area contributed by atoms with Crippen LogP contribution in [0.2, 0.25) is 0 Å². The van der Waals surface area contributed by atoms with Crippen LogP contribution in [0, 0.1) is 0 Å². The molecule has 0 radical (unpaired) electrons. The fraction of sp³-hybridized carbons (Fsp3) is 0.176. The predicted octanol–water partition coefficient (Wildman–Crippen LogP) is 2.94. The molecule has 3 rings (SSSR count). The van der Waals surface area contributed by atoms with Crippen molar-refractivity contribution in [3.05, 3.63) is 71.8 Å². The van der Waals surface area contributed by atoms with Gasteiger partial charge in [0.2, 0.25) is 0 Å². The summed E-state index contributed by atoms with van der Waals surface area (Å²) in [6, 6.07) is 18.0. The molecule has 1 fully saturated rings. The molecule has 0 N–H and O–H groups in total. The second-order valence-electron chi connectivity index (χ2n) is 5.46. The van der Waals surface area contributed by atoms with Crippen LogP contribution in [0.15, 0.2) is 60.7 Å². The Morgan fingerprint density at radius 3 is 1.38 bits per heavy atom. The summed E-state index contributed by atoms with van der Waals surface area (Å²) in [7, 11) is 0. The van der Waals surface area contributed by atoms with Crippen LogP contribution in [0.1, 0.15) is 34.6 Å². The van der Waals surface area contributed by atoms with Crippen LogP contribution >= 0.6 is 0 Å². The first-order chi connectivity index (χ1) is 10.0. The van der Waals surface area contributed by atoms with Gasteiger partial charge in [0.1, 0.15) is 0 Å². The van der Waals surface area contributed by atoms with Crippen molar-refractivity contribution in [1.82, 2.24) is 10.0 Å². The zero-order chi connectivity index (χ0) is 15.0. The number of carbonyl (C=O) groups is 2. The minimum atomic E-state index is -0.597. The van der Waals surface area contributed by atoms with Crippen molar-refractivity contribution in [2.45, 2.75) is 19.5 Å². The Morgan fingerprint density at radius 1 is 0.714 bits per heavy atom. The number of carbonyl (C=O) groups excluding carboxylic acids is 2. The molecule has 0 unspecified atom stereocenters. The summed E-state index contributed by atoms with van der Waals surface area (Å²) < 4.78 is 0. The van der Waals surface area contributed by atoms with Gasteiger partial charge in [0, 0.05) is 11.1 Å². The monoisotopic (exact) mass is 280 g/mol. The van der Waals surface area contributed by atoms with E-state index in [1.807, 2.05) is 50.2 Å². The second kappa shape index (κ2) is 4.74. The van der Waals surface area contributed by atoms with Crippen LogP contribution in [0.25, 0.3) is 0 Å². The summed E-state index contributed by atoms with van der Waals surface area (Å²) in [6.45, 7) is 3.71. The van der Waals surface area contributed by atoms with Crippen LogP contribution in [0.4, 0.5) is 0 Å². The Labute approximate surface area is 123 Å². The van der Waals surface area contributed by atoms with Crippen molar-refractivity contribution < 1.29 is 9.59 Å². The maximum Gasteiger partial charge on any atom is 0.274 e. The summed E-state index contributed by atoms with van der Waals surface area (Å²) in [5, 5.41) is 3.00. The van der Waals surface area contributed by atoms with Crippen LogP contribution in [0.5, 0.6) is 0 Å². The molecule has 1 aliphatic rings. The maximum atomic E-state index is 12.5. The van der Waals surface area contributed by atoms with E-state index in [1.165, 1.54) is 10.0 Å². The van der Waals surface area contributed by atoms with E-state index in [0.717, 1.165) is 0 Å². The molecule has 0 saturated carbocycles. The van der Waals surface area contributed by atoms with Crippen molar-refractivity contribution in [2.75, 3.05) is 0 Å². The molecular weight excluding hydrogens is 264 g/mol. The minimum Gasteiger partial charge on any atom is -0.267 e. The topological polar surface area (TPSA) is 40.2 Å². The van der Waals surface area contributed by atoms with Crippen molar-refractivity contribution in [2.24, 2.45) is 0 Å². The Balaban J connectivity index is 1.86. The van der Waals surface area contributed by atoms with Gasteiger partial charge in [-0.1, -0.05) is 36.4 Å². The van der Waals surface area contributed by atoms with Crippen LogP contribution < -0.4 is 0 Å². The lowest BCUT2D eigenvalue weighted by molar-refractivity contribution is 0.0697. The largest absolute Gasteiger partial charge is 0.274 e. The van der Waals surface area contributed by atoms with Gasteiger partial charge in [-0.2, -0.15) is 0 Å². The third-order valence-corrected chi connectivity index (χ3v) is 3.62. The molecule has 1 saturated heterocycles. The molecule has 0 aromatic heterocycles. The van der Waals surface area contributed by atoms with E-state index in [0.29, 0.717) is 11.1 Å². The number of amides is 2. The summed E-state index contributed by atoms with van der Waals surface area (Å²) >= 11 is 0. The van der Waals surface area contributed by atoms with Gasteiger partial charge in [-0.3, -0.25) is 9.59 Å². The third-order valence-electron chi connectivity index (χ3n) is 3.62. The van der Waals surface area contributed by atoms with Crippen LogP contribution in [0.3, 0.4) is 0 Å². The van der Waals surface area contributed by atoms with Crippen molar-refractivity contribution in [3.63, 3.8) is 0 Å². The fourth-order valence-corrected chi connectivity index (χ4v) is 2.45. The van der Waals surface area contributed by atoms with Crippen LogP contribution in [-0.2, 0) is 0 Å². The first-order valence-electron chi connectivity index (χ1n) is 6.82. The molecule has 2 amide bonds. The number of benzene rings is 2. The average molecular weight is 280 g/mol. The van der Waals surface area contributed by atoms with Gasteiger partial charge in [0.15, 0.2) is 5.66 Å². The quantitative estimate of drug-likeness (QED) is 0.793. The summed E-state index contributed by atoms with van der Waals surface area (Å²) in [4.78, 5) is 25.0. The smallest absolute Gasteiger partial charge is 0.267 e. The summed E-state index contributed by atoms with van der Waals surface area (Å²) in [6.07, 6.45) is 0. The van der Waals surface area contributed by atoms with Gasteiger partial charge in [-0.15, -0.1) is 0 Å². The average Bonchev–Trinajstić information content (AvgIpc) is 3.10. The third kappa shape index (κ3) is 2.18. The number of hydrogen-bond acceptors (Lipinski definition) is 2. The van der Waals surface area contributed by atoms with Gasteiger partial charge < -0.3 is 0 Å². The highest BCUT2D eigenvalue weighted by molar-refractivity contribution is 6.02. The lowest BCUT2D eigenvalue weighted by Gasteiger charge is -2.05. The highest BCUT2D eigenvalue weighted by Crippen LogP contribution is 2.41. The Morgan fingerprint density at radius 2 is 1.05 bits per heavy atom. The Bertz CT molecular complexity index is 621. The van der Waals surface area contributed by atoms with Gasteiger partial charge in [0.25, 0.3) is 11.8 Å². The molecule has 4 heteroatoms. The van der Waals surface area contributed by atoms with Crippen molar-refractivity contribution in [1.29, 1.82) is 0 Å². The highest BCUT2D eigenvalue weighted by Gasteiger charge is 2.60. The zero-order valence-electron chi connectivity index (χ0n) is 12.0. The lowest BCUT2D eigenvalue weighted by Crippen LogP contribution is -2.21. The van der Waals surface area contributed by atoms with Crippen molar-refractivity contribution in [3.8, 4) is 0 Å². The molecule has 21 heavy (non-hydrogen) atoms. The molecule has 106 valence electrons. The second-order valence-corrected chi connectivity index (χ2v) is 5.46. The van der Waals surface area contributed by atoms with Crippen LogP contribution in [-0.4, -0.2) is 27.5 Å². The Hall–Kier alpha value is -2.62. The first-order valence-corrected chi connectivity index (χ1v) is 6.82. The Kier molecular flexibility index (Phi) is 3.01. The van der Waals surface area contributed by atoms with Gasteiger partial charge in [-0.05, 0) is 38.1 Å². The molecule has 4 nitrogen and oxygen atoms in total. The number of hydrogen-bond donors (Lipinski definition) is 0. The van der Waals surface area contributed by atoms with E-state index in [9.17, 15) is 9.59 Å². The molecule has 0 spiro atoms. The SMILES string of the molecule is CC1(C)N(C(=O)c2ccccc2)N1C(=O)c1ccccc1. The summed E-state index contributed by atoms with van der Waals surface area (Å²) in [5.41, 5.74) is 0.558. The molecule has 0 bridgehead atoms. The first kappa shape index (κ1) is 13.4. The number of nitrogens with zero attached hydrogens (tertiary/aromatic N) is 2. The minimum absolute atomic E-state index is 0.162. The number of rotatable bonds is 2. The van der Waals surface area contributed by atoms with Gasteiger partial charge in [0.05, 0.1) is 0 Å². The molecule has 1 aliphatic heterocycles. The molecule has 0 atom stereocenters. The van der Waals surface area contributed by atoms with E-state index in [2.05, 4.69) is 0 Å². The normalized spacial score (nSPS) is 15.7. The standard InChI is InChI=1S/C17H16N2O2/c1-17(2)18(15(20)13-9-5-3-6-10-13)19(17)16(21)14-11-7-4-8-12-14/h3-12H,1-2H3. The molecule has 2 aromatic carbocycles. The molecular formula is C17H16N2O2. The van der Waals surface area contributed by atoms with E-state index < -0.39 is 5.66 Å². The molecule has 2 aromatic rings. The number of hydrazine groups is 1. The lowest BCUT2D eigenvalue weighted by atomic mass is 10.2. The van der Waals surface area contributed by atoms with Gasteiger partial charge >= 0.3 is 0 Å². The van der Waals surface area contributed by atoms with E-state index in [4.69, 9.17) is 0 Å². The van der Waals surface area contributed by atoms with E-state index in [1.54, 1.807) is 24.3 Å². The van der Waals surface area contributed by atoms with Gasteiger partial charge in [-0.25, -0.2) is 10.0 Å². The van der Waals surface area contributed by atoms with E-state index in [-0.39, 0.29) is 11.8 Å². The van der Waals surface area contributed by atoms with Crippen molar-refractivity contribution >= 4 is 11.8 Å². The molecule has 1 heterocycles. The predicted molar refractivity (Wildman–Crippen MR) is 79.3 cm³/mol. The fourth-order valence-electron chi connectivity index (χ4n) is 2.45.